The van der Waals surface area contributed by atoms with E-state index in [2.05, 4.69) is 4.98 Å². The smallest absolute Gasteiger partial charge is 0.115 e. The molecule has 0 fully saturated rings. The van der Waals surface area contributed by atoms with Crippen LogP contribution in [0.5, 0.6) is 0 Å². The zero-order chi connectivity index (χ0) is 8.27. The SMILES string of the molecule is CSc1ccnc(SC)c1Cl. The Balaban J connectivity index is 3.10. The monoisotopic (exact) mass is 205 g/mol. The quantitative estimate of drug-likeness (QED) is 0.689. The summed E-state index contributed by atoms with van der Waals surface area (Å²) in [6, 6.07) is 1.92. The van der Waals surface area contributed by atoms with Gasteiger partial charge in [0.2, 0.25) is 0 Å². The maximum atomic E-state index is 6.00. The molecule has 0 atom stereocenters. The Morgan fingerprint density at radius 3 is 2.64 bits per heavy atom. The first-order valence-electron chi connectivity index (χ1n) is 3.02. The summed E-state index contributed by atoms with van der Waals surface area (Å²) in [6.45, 7) is 0. The largest absolute Gasteiger partial charge is 0.248 e. The fraction of sp³-hybridized carbons (Fsp3) is 0.286. The predicted octanol–water partition coefficient (Wildman–Crippen LogP) is 3.18. The highest BCUT2D eigenvalue weighted by Gasteiger charge is 2.04. The van der Waals surface area contributed by atoms with E-state index in [0.29, 0.717) is 0 Å². The zero-order valence-electron chi connectivity index (χ0n) is 6.30. The van der Waals surface area contributed by atoms with E-state index in [1.54, 1.807) is 29.7 Å². The van der Waals surface area contributed by atoms with Crippen molar-refractivity contribution < 1.29 is 0 Å². The second-order valence-electron chi connectivity index (χ2n) is 1.84. The third-order valence-electron chi connectivity index (χ3n) is 1.24. The topological polar surface area (TPSA) is 12.9 Å². The van der Waals surface area contributed by atoms with Crippen LogP contribution in [0.4, 0.5) is 0 Å². The molecule has 0 saturated heterocycles. The van der Waals surface area contributed by atoms with Crippen molar-refractivity contribution in [2.75, 3.05) is 12.5 Å². The third kappa shape index (κ3) is 2.04. The van der Waals surface area contributed by atoms with E-state index in [0.717, 1.165) is 14.9 Å². The van der Waals surface area contributed by atoms with Crippen LogP contribution in [0.15, 0.2) is 22.2 Å². The number of thioether (sulfide) groups is 2. The molecule has 1 rings (SSSR count). The molecule has 60 valence electrons. The van der Waals surface area contributed by atoms with E-state index in [-0.39, 0.29) is 0 Å². The van der Waals surface area contributed by atoms with Gasteiger partial charge in [0.1, 0.15) is 5.03 Å². The molecule has 0 amide bonds. The summed E-state index contributed by atoms with van der Waals surface area (Å²) in [5.41, 5.74) is 0. The summed E-state index contributed by atoms with van der Waals surface area (Å²) in [5.74, 6) is 0. The number of halogens is 1. The molecule has 0 aromatic carbocycles. The van der Waals surface area contributed by atoms with Crippen molar-refractivity contribution in [3.05, 3.63) is 17.3 Å². The van der Waals surface area contributed by atoms with Crippen LogP contribution in [-0.2, 0) is 0 Å². The molecule has 11 heavy (non-hydrogen) atoms. The molecule has 0 aliphatic heterocycles. The second kappa shape index (κ2) is 4.24. The molecular weight excluding hydrogens is 198 g/mol. The van der Waals surface area contributed by atoms with Crippen LogP contribution in [0.25, 0.3) is 0 Å². The fourth-order valence-corrected chi connectivity index (χ4v) is 2.28. The highest BCUT2D eigenvalue weighted by molar-refractivity contribution is 7.99. The third-order valence-corrected chi connectivity index (χ3v) is 3.32. The van der Waals surface area contributed by atoms with Gasteiger partial charge in [-0.05, 0) is 18.6 Å². The summed E-state index contributed by atoms with van der Waals surface area (Å²) in [5, 5.41) is 1.67. The molecule has 1 aromatic rings. The van der Waals surface area contributed by atoms with Gasteiger partial charge >= 0.3 is 0 Å². The van der Waals surface area contributed by atoms with E-state index in [4.69, 9.17) is 11.6 Å². The van der Waals surface area contributed by atoms with Gasteiger partial charge in [-0.25, -0.2) is 4.98 Å². The van der Waals surface area contributed by atoms with Crippen LogP contribution >= 0.6 is 35.1 Å². The number of hydrogen-bond donors (Lipinski definition) is 0. The van der Waals surface area contributed by atoms with Crippen molar-refractivity contribution in [3.63, 3.8) is 0 Å². The molecule has 1 heterocycles. The molecule has 0 aliphatic rings. The lowest BCUT2D eigenvalue weighted by Crippen LogP contribution is -1.81. The Morgan fingerprint density at radius 2 is 2.09 bits per heavy atom. The Hall–Kier alpha value is 0.140. The van der Waals surface area contributed by atoms with E-state index < -0.39 is 0 Å². The van der Waals surface area contributed by atoms with Crippen molar-refractivity contribution in [1.82, 2.24) is 4.98 Å². The van der Waals surface area contributed by atoms with Crippen molar-refractivity contribution in [2.45, 2.75) is 9.92 Å². The minimum atomic E-state index is 0.771. The highest BCUT2D eigenvalue weighted by atomic mass is 35.5. The van der Waals surface area contributed by atoms with Crippen LogP contribution in [0.2, 0.25) is 5.02 Å². The lowest BCUT2D eigenvalue weighted by Gasteiger charge is -2.02. The van der Waals surface area contributed by atoms with Gasteiger partial charge in [-0.2, -0.15) is 0 Å². The summed E-state index contributed by atoms with van der Waals surface area (Å²) in [7, 11) is 0. The highest BCUT2D eigenvalue weighted by Crippen LogP contribution is 2.31. The van der Waals surface area contributed by atoms with Gasteiger partial charge < -0.3 is 0 Å². The lowest BCUT2D eigenvalue weighted by molar-refractivity contribution is 1.10. The van der Waals surface area contributed by atoms with Crippen molar-refractivity contribution in [2.24, 2.45) is 0 Å². The molecule has 0 N–H and O–H groups in total. The van der Waals surface area contributed by atoms with E-state index in [1.165, 1.54) is 0 Å². The van der Waals surface area contributed by atoms with Crippen molar-refractivity contribution >= 4 is 35.1 Å². The summed E-state index contributed by atoms with van der Waals surface area (Å²) in [6.07, 6.45) is 5.76. The minimum Gasteiger partial charge on any atom is -0.248 e. The first kappa shape index (κ1) is 9.23. The Morgan fingerprint density at radius 1 is 1.36 bits per heavy atom. The van der Waals surface area contributed by atoms with Crippen LogP contribution in [0.1, 0.15) is 0 Å². The van der Waals surface area contributed by atoms with Gasteiger partial charge in [0.15, 0.2) is 0 Å². The standard InChI is InChI=1S/C7H8ClNS2/c1-10-5-3-4-9-7(11-2)6(5)8/h3-4H,1-2H3. The molecule has 0 radical (unpaired) electrons. The molecule has 0 saturated carbocycles. The van der Waals surface area contributed by atoms with Crippen LogP contribution < -0.4 is 0 Å². The fourth-order valence-electron chi connectivity index (χ4n) is 0.708. The summed E-state index contributed by atoms with van der Waals surface area (Å²) in [4.78, 5) is 5.21. The minimum absolute atomic E-state index is 0.771. The average molecular weight is 206 g/mol. The maximum Gasteiger partial charge on any atom is 0.115 e. The van der Waals surface area contributed by atoms with E-state index in [1.807, 2.05) is 18.6 Å². The summed E-state index contributed by atoms with van der Waals surface area (Å²) < 4.78 is 0. The number of hydrogen-bond acceptors (Lipinski definition) is 3. The van der Waals surface area contributed by atoms with Crippen molar-refractivity contribution in [1.29, 1.82) is 0 Å². The first-order chi connectivity index (χ1) is 5.29. The molecule has 0 bridgehead atoms. The summed E-state index contributed by atoms with van der Waals surface area (Å²) >= 11 is 9.21. The van der Waals surface area contributed by atoms with Crippen LogP contribution in [0.3, 0.4) is 0 Å². The number of aromatic nitrogens is 1. The van der Waals surface area contributed by atoms with Gasteiger partial charge in [-0.3, -0.25) is 0 Å². The lowest BCUT2D eigenvalue weighted by atomic mass is 10.5. The molecule has 1 nitrogen and oxygen atoms in total. The van der Waals surface area contributed by atoms with Gasteiger partial charge in [0.25, 0.3) is 0 Å². The van der Waals surface area contributed by atoms with Gasteiger partial charge in [-0.1, -0.05) is 11.6 Å². The van der Waals surface area contributed by atoms with E-state index >= 15 is 0 Å². The number of rotatable bonds is 2. The molecule has 0 unspecified atom stereocenters. The second-order valence-corrected chi connectivity index (χ2v) is 3.86. The molecule has 0 spiro atoms. The van der Waals surface area contributed by atoms with E-state index in [9.17, 15) is 0 Å². The molecule has 0 aliphatic carbocycles. The Kier molecular flexibility index (Phi) is 3.55. The average Bonchev–Trinajstić information content (AvgIpc) is 2.05. The predicted molar refractivity (Wildman–Crippen MR) is 52.8 cm³/mol. The zero-order valence-corrected chi connectivity index (χ0v) is 8.69. The van der Waals surface area contributed by atoms with Crippen molar-refractivity contribution in [3.8, 4) is 0 Å². The Bertz CT molecular complexity index is 230. The maximum absolute atomic E-state index is 6.00. The van der Waals surface area contributed by atoms with Gasteiger partial charge in [0, 0.05) is 11.1 Å². The van der Waals surface area contributed by atoms with Crippen LogP contribution in [-0.4, -0.2) is 17.5 Å². The van der Waals surface area contributed by atoms with Gasteiger partial charge in [-0.15, -0.1) is 23.5 Å². The molecular formula is C7H8ClNS2. The Labute approximate surface area is 79.9 Å². The normalized spacial score (nSPS) is 10.1. The number of pyridine rings is 1. The molecule has 1 aromatic heterocycles. The number of nitrogens with zero attached hydrogens (tertiary/aromatic N) is 1. The van der Waals surface area contributed by atoms with Gasteiger partial charge in [0.05, 0.1) is 5.02 Å². The van der Waals surface area contributed by atoms with Crippen LogP contribution in [0, 0.1) is 0 Å². The molecule has 4 heteroatoms. The first-order valence-corrected chi connectivity index (χ1v) is 5.84.